The number of ether oxygens (including phenoxy) is 2. The highest BCUT2D eigenvalue weighted by Crippen LogP contribution is 2.33. The van der Waals surface area contributed by atoms with E-state index in [-0.39, 0.29) is 48.1 Å². The zero-order valence-electron chi connectivity index (χ0n) is 21.4. The van der Waals surface area contributed by atoms with Gasteiger partial charge in [-0.25, -0.2) is 0 Å². The summed E-state index contributed by atoms with van der Waals surface area (Å²) in [5.74, 6) is 0.444. The van der Waals surface area contributed by atoms with E-state index in [4.69, 9.17) is 14.0 Å². The van der Waals surface area contributed by atoms with E-state index in [1.165, 1.54) is 6.07 Å². The molecule has 3 amide bonds. The minimum atomic E-state index is -0.446. The number of hydrogen-bond donors (Lipinski definition) is 1. The predicted molar refractivity (Wildman–Crippen MR) is 132 cm³/mol. The van der Waals surface area contributed by atoms with Crippen molar-refractivity contribution >= 4 is 23.4 Å². The lowest BCUT2D eigenvalue weighted by molar-refractivity contribution is -0.136. The number of aryl methyl sites for hydroxylation is 1. The number of methoxy groups -OCH3 is 1. The SMILES string of the molecule is CO[C@@H]1CN(C)C(=O)c2cc(NC(=O)c3cc(C)on3)ccc2OC[C@@H](C)N(C(=O)C2CC2)C[C@@H]1C. The van der Waals surface area contributed by atoms with E-state index in [1.807, 2.05) is 18.7 Å². The molecule has 0 spiro atoms. The lowest BCUT2D eigenvalue weighted by Gasteiger charge is -2.36. The molecule has 10 heteroatoms. The van der Waals surface area contributed by atoms with E-state index in [0.717, 1.165) is 12.8 Å². The van der Waals surface area contributed by atoms with Gasteiger partial charge in [0.05, 0.1) is 17.7 Å². The van der Waals surface area contributed by atoms with Gasteiger partial charge < -0.3 is 29.1 Å². The van der Waals surface area contributed by atoms with E-state index >= 15 is 0 Å². The molecule has 0 bridgehead atoms. The second-order valence-corrected chi connectivity index (χ2v) is 9.85. The first kappa shape index (κ1) is 25.7. The summed E-state index contributed by atoms with van der Waals surface area (Å²) in [7, 11) is 3.33. The second kappa shape index (κ2) is 10.7. The molecule has 2 aliphatic rings. The maximum Gasteiger partial charge on any atom is 0.277 e. The molecule has 1 aromatic carbocycles. The number of rotatable bonds is 4. The normalized spacial score (nSPS) is 23.2. The highest BCUT2D eigenvalue weighted by Gasteiger charge is 2.37. The van der Waals surface area contributed by atoms with Crippen LogP contribution in [0.5, 0.6) is 5.75 Å². The van der Waals surface area contributed by atoms with Gasteiger partial charge in [-0.15, -0.1) is 0 Å². The third-order valence-corrected chi connectivity index (χ3v) is 6.77. The minimum absolute atomic E-state index is 0.00540. The molecule has 1 saturated carbocycles. The Labute approximate surface area is 210 Å². The number of likely N-dealkylation sites (N-methyl/N-ethyl adjacent to an activating group) is 1. The van der Waals surface area contributed by atoms with Gasteiger partial charge in [-0.05, 0) is 44.9 Å². The third-order valence-electron chi connectivity index (χ3n) is 6.77. The monoisotopic (exact) mass is 498 g/mol. The van der Waals surface area contributed by atoms with Gasteiger partial charge in [-0.1, -0.05) is 12.1 Å². The quantitative estimate of drug-likeness (QED) is 0.689. The summed E-state index contributed by atoms with van der Waals surface area (Å²) in [5, 5.41) is 6.49. The van der Waals surface area contributed by atoms with Crippen LogP contribution in [-0.4, -0.2) is 78.7 Å². The van der Waals surface area contributed by atoms with Crippen molar-refractivity contribution in [3.63, 3.8) is 0 Å². The Kier molecular flexibility index (Phi) is 7.63. The molecule has 3 atom stereocenters. The molecule has 0 saturated heterocycles. The zero-order valence-corrected chi connectivity index (χ0v) is 21.4. The number of carbonyl (C=O) groups excluding carboxylic acids is 3. The van der Waals surface area contributed by atoms with Crippen LogP contribution in [-0.2, 0) is 9.53 Å². The van der Waals surface area contributed by atoms with Gasteiger partial charge in [0.1, 0.15) is 18.1 Å². The number of fused-ring (bicyclic) bond motifs is 1. The molecule has 4 rings (SSSR count). The van der Waals surface area contributed by atoms with Crippen LogP contribution >= 0.6 is 0 Å². The van der Waals surface area contributed by atoms with E-state index in [1.54, 1.807) is 44.2 Å². The summed E-state index contributed by atoms with van der Waals surface area (Å²) >= 11 is 0. The van der Waals surface area contributed by atoms with Crippen molar-refractivity contribution < 1.29 is 28.4 Å². The van der Waals surface area contributed by atoms with Crippen molar-refractivity contribution in [1.82, 2.24) is 15.0 Å². The Morgan fingerprint density at radius 2 is 1.92 bits per heavy atom. The second-order valence-electron chi connectivity index (χ2n) is 9.85. The molecule has 1 N–H and O–H groups in total. The summed E-state index contributed by atoms with van der Waals surface area (Å²) in [6.45, 7) is 6.79. The van der Waals surface area contributed by atoms with Crippen LogP contribution in [0.25, 0.3) is 0 Å². The van der Waals surface area contributed by atoms with Crippen LogP contribution in [0.15, 0.2) is 28.8 Å². The average molecular weight is 499 g/mol. The van der Waals surface area contributed by atoms with Gasteiger partial charge in [-0.3, -0.25) is 14.4 Å². The van der Waals surface area contributed by atoms with Gasteiger partial charge in [0.25, 0.3) is 11.8 Å². The van der Waals surface area contributed by atoms with Crippen LogP contribution in [0, 0.1) is 18.8 Å². The number of nitrogens with one attached hydrogen (secondary N) is 1. The van der Waals surface area contributed by atoms with E-state index in [0.29, 0.717) is 35.9 Å². The number of aromatic nitrogens is 1. The Bertz CT molecular complexity index is 1130. The van der Waals surface area contributed by atoms with Crippen molar-refractivity contribution in [2.24, 2.45) is 11.8 Å². The topological polar surface area (TPSA) is 114 Å². The zero-order chi connectivity index (χ0) is 26.0. The maximum absolute atomic E-state index is 13.5. The molecule has 2 aromatic rings. The Morgan fingerprint density at radius 3 is 2.56 bits per heavy atom. The van der Waals surface area contributed by atoms with Crippen LogP contribution < -0.4 is 10.1 Å². The first-order valence-electron chi connectivity index (χ1n) is 12.3. The summed E-state index contributed by atoms with van der Waals surface area (Å²) in [6.07, 6.45) is 1.59. The van der Waals surface area contributed by atoms with Crippen molar-refractivity contribution in [3.8, 4) is 5.75 Å². The highest BCUT2D eigenvalue weighted by atomic mass is 16.5. The molecule has 1 aliphatic heterocycles. The summed E-state index contributed by atoms with van der Waals surface area (Å²) in [4.78, 5) is 42.6. The van der Waals surface area contributed by atoms with Crippen LogP contribution in [0.3, 0.4) is 0 Å². The number of anilines is 1. The standard InChI is InChI=1S/C26H34N4O6/c1-15-12-30(25(32)18-6-7-18)16(2)14-35-22-9-8-19(27-24(31)21-10-17(3)36-28-21)11-20(22)26(33)29(4)13-23(15)34-5/h8-11,15-16,18,23H,6-7,12-14H2,1-5H3,(H,27,31)/t15-,16+,23+/m0/s1. The molecule has 0 radical (unpaired) electrons. The molecule has 10 nitrogen and oxygen atoms in total. The average Bonchev–Trinajstić information content (AvgIpc) is 3.62. The molecule has 1 fully saturated rings. The van der Waals surface area contributed by atoms with Gasteiger partial charge in [-0.2, -0.15) is 0 Å². The Balaban J connectivity index is 1.63. The van der Waals surface area contributed by atoms with E-state index < -0.39 is 5.91 Å². The van der Waals surface area contributed by atoms with Crippen molar-refractivity contribution in [1.29, 1.82) is 0 Å². The largest absolute Gasteiger partial charge is 0.491 e. The highest BCUT2D eigenvalue weighted by molar-refractivity contribution is 6.04. The molecule has 0 unspecified atom stereocenters. The van der Waals surface area contributed by atoms with Crippen molar-refractivity contribution in [2.45, 2.75) is 45.8 Å². The van der Waals surface area contributed by atoms with Crippen molar-refractivity contribution in [3.05, 3.63) is 41.3 Å². The van der Waals surface area contributed by atoms with Gasteiger partial charge in [0, 0.05) is 50.8 Å². The molecular formula is C26H34N4O6. The van der Waals surface area contributed by atoms with Crippen LogP contribution in [0.4, 0.5) is 5.69 Å². The molecule has 1 aliphatic carbocycles. The lowest BCUT2D eigenvalue weighted by atomic mass is 10.0. The smallest absolute Gasteiger partial charge is 0.277 e. The first-order valence-corrected chi connectivity index (χ1v) is 12.3. The fourth-order valence-corrected chi connectivity index (χ4v) is 4.39. The number of carbonyl (C=O) groups is 3. The number of nitrogens with zero attached hydrogens (tertiary/aromatic N) is 3. The number of amides is 3. The predicted octanol–water partition coefficient (Wildman–Crippen LogP) is 2.98. The maximum atomic E-state index is 13.5. The number of benzene rings is 1. The number of hydrogen-bond acceptors (Lipinski definition) is 7. The minimum Gasteiger partial charge on any atom is -0.491 e. The molecule has 194 valence electrons. The van der Waals surface area contributed by atoms with E-state index in [2.05, 4.69) is 10.5 Å². The summed E-state index contributed by atoms with van der Waals surface area (Å²) in [6, 6.07) is 6.27. The van der Waals surface area contributed by atoms with E-state index in [9.17, 15) is 14.4 Å². The third kappa shape index (κ3) is 5.70. The lowest BCUT2D eigenvalue weighted by Crippen LogP contribution is -2.49. The van der Waals surface area contributed by atoms with Gasteiger partial charge >= 0.3 is 0 Å². The Hall–Kier alpha value is -3.40. The van der Waals surface area contributed by atoms with Gasteiger partial charge in [0.15, 0.2) is 5.69 Å². The van der Waals surface area contributed by atoms with Crippen LogP contribution in [0.2, 0.25) is 0 Å². The molecule has 36 heavy (non-hydrogen) atoms. The van der Waals surface area contributed by atoms with Crippen molar-refractivity contribution in [2.75, 3.05) is 39.2 Å². The fourth-order valence-electron chi connectivity index (χ4n) is 4.39. The molecular weight excluding hydrogens is 464 g/mol. The van der Waals surface area contributed by atoms with Crippen LogP contribution in [0.1, 0.15) is 53.3 Å². The molecule has 2 heterocycles. The summed E-state index contributed by atoms with van der Waals surface area (Å²) in [5.41, 5.74) is 0.875. The Morgan fingerprint density at radius 1 is 1.17 bits per heavy atom. The fraction of sp³-hybridized carbons (Fsp3) is 0.538. The first-order chi connectivity index (χ1) is 17.2. The van der Waals surface area contributed by atoms with Gasteiger partial charge in [0.2, 0.25) is 5.91 Å². The summed E-state index contributed by atoms with van der Waals surface area (Å²) < 4.78 is 16.8. The molecule has 1 aromatic heterocycles.